The van der Waals surface area contributed by atoms with E-state index >= 15 is 0 Å². The molecular weight excluding hydrogens is 356 g/mol. The molecule has 0 aliphatic heterocycles. The number of nitrogens with one attached hydrogen (secondary N) is 2. The molecule has 0 aliphatic carbocycles. The molecule has 2 N–H and O–H groups in total. The number of nitrogens with zero attached hydrogens (tertiary/aromatic N) is 4. The first-order chi connectivity index (χ1) is 12.5. The minimum atomic E-state index is -0.543. The lowest BCUT2D eigenvalue weighted by molar-refractivity contribution is -0.383. The summed E-state index contributed by atoms with van der Waals surface area (Å²) in [7, 11) is 0. The molecule has 0 atom stereocenters. The standard InChI is InChI=1S/C17H15ClN6O2/c1-10-5-6-12(11(2)8-10)22-16-14(24(25)26)17(21-9-20-16)23-13-4-3-7-19-15(13)18/h3-9H,1-2H3,(H2,20,21,22,23). The van der Waals surface area contributed by atoms with Gasteiger partial charge in [0.25, 0.3) is 0 Å². The van der Waals surface area contributed by atoms with Crippen LogP contribution in [-0.2, 0) is 0 Å². The number of hydrogen-bond acceptors (Lipinski definition) is 7. The molecule has 0 unspecified atom stereocenters. The summed E-state index contributed by atoms with van der Waals surface area (Å²) in [6.45, 7) is 3.89. The summed E-state index contributed by atoms with van der Waals surface area (Å²) in [4.78, 5) is 23.1. The van der Waals surface area contributed by atoms with Crippen molar-refractivity contribution in [3.8, 4) is 0 Å². The number of aromatic nitrogens is 3. The van der Waals surface area contributed by atoms with Gasteiger partial charge in [0, 0.05) is 11.9 Å². The lowest BCUT2D eigenvalue weighted by Gasteiger charge is -2.12. The van der Waals surface area contributed by atoms with Crippen molar-refractivity contribution in [1.29, 1.82) is 0 Å². The van der Waals surface area contributed by atoms with E-state index in [1.165, 1.54) is 12.5 Å². The van der Waals surface area contributed by atoms with Crippen molar-refractivity contribution in [3.63, 3.8) is 0 Å². The van der Waals surface area contributed by atoms with Crippen LogP contribution in [0.15, 0.2) is 42.9 Å². The molecule has 0 bridgehead atoms. The predicted molar refractivity (Wildman–Crippen MR) is 100 cm³/mol. The lowest BCUT2D eigenvalue weighted by atomic mass is 10.1. The summed E-state index contributed by atoms with van der Waals surface area (Å²) in [6, 6.07) is 9.05. The predicted octanol–water partition coefficient (Wildman–Crippen LogP) is 4.54. The van der Waals surface area contributed by atoms with Gasteiger partial charge in [-0.25, -0.2) is 15.0 Å². The normalized spacial score (nSPS) is 10.4. The highest BCUT2D eigenvalue weighted by molar-refractivity contribution is 6.32. The number of hydrogen-bond donors (Lipinski definition) is 2. The number of pyridine rings is 1. The van der Waals surface area contributed by atoms with Gasteiger partial charge in [-0.2, -0.15) is 0 Å². The highest BCUT2D eigenvalue weighted by atomic mass is 35.5. The quantitative estimate of drug-likeness (QED) is 0.386. The third kappa shape index (κ3) is 3.70. The molecule has 9 heteroatoms. The number of benzene rings is 1. The smallest absolute Gasteiger partial charge is 0.334 e. The Morgan fingerprint density at radius 2 is 1.73 bits per heavy atom. The molecule has 0 saturated carbocycles. The van der Waals surface area contributed by atoms with Crippen LogP contribution in [-0.4, -0.2) is 19.9 Å². The zero-order valence-electron chi connectivity index (χ0n) is 14.0. The second kappa shape index (κ2) is 7.32. The fraction of sp³-hybridized carbons (Fsp3) is 0.118. The third-order valence-electron chi connectivity index (χ3n) is 3.65. The molecular formula is C17H15ClN6O2. The molecule has 8 nitrogen and oxygen atoms in total. The molecule has 3 rings (SSSR count). The zero-order chi connectivity index (χ0) is 18.7. The molecule has 0 spiro atoms. The molecule has 26 heavy (non-hydrogen) atoms. The van der Waals surface area contributed by atoms with Crippen LogP contribution in [0.25, 0.3) is 0 Å². The number of nitro groups is 1. The SMILES string of the molecule is Cc1ccc(Nc2ncnc(Nc3cccnc3Cl)c2[N+](=O)[O-])c(C)c1. The van der Waals surface area contributed by atoms with E-state index in [0.717, 1.165) is 16.8 Å². The molecule has 1 aromatic carbocycles. The van der Waals surface area contributed by atoms with Gasteiger partial charge >= 0.3 is 5.69 Å². The highest BCUT2D eigenvalue weighted by Gasteiger charge is 2.24. The van der Waals surface area contributed by atoms with Gasteiger partial charge < -0.3 is 10.6 Å². The Labute approximate surface area is 154 Å². The molecule has 3 aromatic rings. The molecule has 0 radical (unpaired) electrons. The Morgan fingerprint density at radius 3 is 2.35 bits per heavy atom. The van der Waals surface area contributed by atoms with Crippen molar-refractivity contribution < 1.29 is 4.92 Å². The zero-order valence-corrected chi connectivity index (χ0v) is 14.8. The third-order valence-corrected chi connectivity index (χ3v) is 3.95. The molecule has 0 aliphatic rings. The van der Waals surface area contributed by atoms with Crippen LogP contribution in [0.1, 0.15) is 11.1 Å². The van der Waals surface area contributed by atoms with Crippen LogP contribution in [0.3, 0.4) is 0 Å². The molecule has 0 fully saturated rings. The van der Waals surface area contributed by atoms with Gasteiger partial charge in [-0.15, -0.1) is 0 Å². The number of rotatable bonds is 5. The van der Waals surface area contributed by atoms with Gasteiger partial charge in [0.05, 0.1) is 10.6 Å². The summed E-state index contributed by atoms with van der Waals surface area (Å²) in [5.41, 5.74) is 2.89. The second-order valence-electron chi connectivity index (χ2n) is 5.59. The monoisotopic (exact) mass is 370 g/mol. The first kappa shape index (κ1) is 17.6. The minimum absolute atomic E-state index is 0.0205. The van der Waals surface area contributed by atoms with E-state index in [2.05, 4.69) is 25.6 Å². The van der Waals surface area contributed by atoms with Gasteiger partial charge in [-0.1, -0.05) is 29.3 Å². The maximum Gasteiger partial charge on any atom is 0.353 e. The molecule has 2 aromatic heterocycles. The summed E-state index contributed by atoms with van der Waals surface area (Å²) in [5.74, 6) is 0.103. The second-order valence-corrected chi connectivity index (χ2v) is 5.94. The van der Waals surface area contributed by atoms with Crippen molar-refractivity contribution >= 4 is 40.3 Å². The Bertz CT molecular complexity index is 979. The highest BCUT2D eigenvalue weighted by Crippen LogP contribution is 2.34. The van der Waals surface area contributed by atoms with Gasteiger partial charge in [0.15, 0.2) is 5.15 Å². The summed E-state index contributed by atoms with van der Waals surface area (Å²) >= 11 is 6.01. The first-order valence-corrected chi connectivity index (χ1v) is 8.04. The maximum atomic E-state index is 11.6. The topological polar surface area (TPSA) is 106 Å². The number of halogens is 1. The van der Waals surface area contributed by atoms with Gasteiger partial charge in [0.1, 0.15) is 6.33 Å². The average Bonchev–Trinajstić information content (AvgIpc) is 2.59. The molecule has 2 heterocycles. The Kier molecular flexibility index (Phi) is 4.94. The maximum absolute atomic E-state index is 11.6. The van der Waals surface area contributed by atoms with Crippen molar-refractivity contribution in [2.45, 2.75) is 13.8 Å². The van der Waals surface area contributed by atoms with Crippen LogP contribution in [0.2, 0.25) is 5.15 Å². The largest absolute Gasteiger partial charge is 0.353 e. The van der Waals surface area contributed by atoms with Gasteiger partial charge in [-0.3, -0.25) is 10.1 Å². The van der Waals surface area contributed by atoms with Gasteiger partial charge in [-0.05, 0) is 37.6 Å². The molecule has 0 amide bonds. The van der Waals surface area contributed by atoms with E-state index in [9.17, 15) is 10.1 Å². The average molecular weight is 371 g/mol. The minimum Gasteiger partial charge on any atom is -0.334 e. The van der Waals surface area contributed by atoms with Crippen molar-refractivity contribution in [2.24, 2.45) is 0 Å². The summed E-state index contributed by atoms with van der Waals surface area (Å²) in [5, 5.41) is 17.7. The van der Waals surface area contributed by atoms with Crippen molar-refractivity contribution in [2.75, 3.05) is 10.6 Å². The van der Waals surface area contributed by atoms with Crippen LogP contribution < -0.4 is 10.6 Å². The van der Waals surface area contributed by atoms with Crippen molar-refractivity contribution in [1.82, 2.24) is 15.0 Å². The Morgan fingerprint density at radius 1 is 1.04 bits per heavy atom. The van der Waals surface area contributed by atoms with E-state index in [4.69, 9.17) is 11.6 Å². The fourth-order valence-electron chi connectivity index (χ4n) is 2.42. The fourth-order valence-corrected chi connectivity index (χ4v) is 2.59. The van der Waals surface area contributed by atoms with Crippen LogP contribution in [0, 0.1) is 24.0 Å². The van der Waals surface area contributed by atoms with Crippen molar-refractivity contribution in [3.05, 3.63) is 69.3 Å². The van der Waals surface area contributed by atoms with E-state index in [1.54, 1.807) is 12.1 Å². The lowest BCUT2D eigenvalue weighted by Crippen LogP contribution is -2.06. The van der Waals surface area contributed by atoms with Gasteiger partial charge in [0.2, 0.25) is 11.6 Å². The first-order valence-electron chi connectivity index (χ1n) is 7.67. The van der Waals surface area contributed by atoms with Crippen LogP contribution in [0.5, 0.6) is 0 Å². The molecule has 0 saturated heterocycles. The van der Waals surface area contributed by atoms with Crippen LogP contribution in [0.4, 0.5) is 28.7 Å². The summed E-state index contributed by atoms with van der Waals surface area (Å²) in [6.07, 6.45) is 2.76. The van der Waals surface area contributed by atoms with E-state index in [-0.39, 0.29) is 22.5 Å². The summed E-state index contributed by atoms with van der Waals surface area (Å²) < 4.78 is 0. The number of anilines is 4. The van der Waals surface area contributed by atoms with Crippen LogP contribution >= 0.6 is 11.6 Å². The Hall–Kier alpha value is -3.26. The van der Waals surface area contributed by atoms with E-state index < -0.39 is 4.92 Å². The molecule has 132 valence electrons. The van der Waals surface area contributed by atoms with E-state index in [1.807, 2.05) is 32.0 Å². The number of aryl methyl sites for hydroxylation is 2. The van der Waals surface area contributed by atoms with E-state index in [0.29, 0.717) is 5.69 Å². The Balaban J connectivity index is 2.01.